The van der Waals surface area contributed by atoms with Crippen molar-refractivity contribution >= 4 is 15.6 Å². The van der Waals surface area contributed by atoms with Gasteiger partial charge in [0.15, 0.2) is 9.84 Å². The van der Waals surface area contributed by atoms with E-state index >= 15 is 0 Å². The van der Waals surface area contributed by atoms with Crippen LogP contribution in [0.1, 0.15) is 25.7 Å². The van der Waals surface area contributed by atoms with Crippen LogP contribution in [-0.2, 0) is 19.4 Å². The summed E-state index contributed by atoms with van der Waals surface area (Å²) in [6.07, 6.45) is 2.65. The highest BCUT2D eigenvalue weighted by molar-refractivity contribution is 7.93. The third-order valence-corrected chi connectivity index (χ3v) is 6.99. The Balaban J connectivity index is 1.75. The van der Waals surface area contributed by atoms with Gasteiger partial charge >= 0.3 is 0 Å². The molecule has 0 aliphatic carbocycles. The number of carbonyl (C=O) groups is 1. The average Bonchev–Trinajstić information content (AvgIpc) is 2.38. The minimum atomic E-state index is -2.89. The summed E-state index contributed by atoms with van der Waals surface area (Å²) >= 11 is 0. The van der Waals surface area contributed by atoms with Gasteiger partial charge in [0.05, 0.1) is 29.6 Å². The minimum Gasteiger partial charge on any atom is -0.380 e. The van der Waals surface area contributed by atoms with Gasteiger partial charge in [-0.15, -0.1) is 0 Å². The third kappa shape index (κ3) is 1.44. The number of sulfone groups is 1. The Bertz CT molecular complexity index is 390. The van der Waals surface area contributed by atoms with E-state index in [1.54, 1.807) is 0 Å². The summed E-state index contributed by atoms with van der Waals surface area (Å²) in [5.74, 6) is 0.276. The molecule has 3 rings (SSSR count). The second-order valence-electron chi connectivity index (χ2n) is 5.22. The minimum absolute atomic E-state index is 0.0186. The topological polar surface area (TPSA) is 60.4 Å². The number of Topliss-reactive ketones (excluding diaryl/α,β-unsaturated/α-hetero) is 1. The molecule has 4 nitrogen and oxygen atoms in total. The van der Waals surface area contributed by atoms with Gasteiger partial charge in [0.2, 0.25) is 0 Å². The number of carbonyl (C=O) groups excluding carboxylic acids is 1. The largest absolute Gasteiger partial charge is 0.380 e. The molecule has 16 heavy (non-hydrogen) atoms. The standard InChI is InChI=1S/C11H16O4S/c12-11(8-5-15-6-8)7-3-9-1-2-10(4-7)16(9,13)14/h7-10H,1-6H2. The lowest BCUT2D eigenvalue weighted by Crippen LogP contribution is -2.43. The summed E-state index contributed by atoms with van der Waals surface area (Å²) in [4.78, 5) is 12.0. The second-order valence-corrected chi connectivity index (χ2v) is 7.73. The predicted molar refractivity (Wildman–Crippen MR) is 57.8 cm³/mol. The maximum absolute atomic E-state index is 12.0. The van der Waals surface area contributed by atoms with E-state index in [4.69, 9.17) is 4.74 Å². The normalized spacial score (nSPS) is 41.6. The molecule has 2 bridgehead atoms. The van der Waals surface area contributed by atoms with Gasteiger partial charge in [-0.1, -0.05) is 0 Å². The van der Waals surface area contributed by atoms with Crippen LogP contribution in [0, 0.1) is 11.8 Å². The quantitative estimate of drug-likeness (QED) is 0.712. The molecule has 0 amide bonds. The highest BCUT2D eigenvalue weighted by Crippen LogP contribution is 2.42. The second kappa shape index (κ2) is 3.53. The molecular weight excluding hydrogens is 228 g/mol. The van der Waals surface area contributed by atoms with E-state index in [9.17, 15) is 13.2 Å². The van der Waals surface area contributed by atoms with Crippen molar-refractivity contribution in [2.24, 2.45) is 11.8 Å². The third-order valence-electron chi connectivity index (χ3n) is 4.28. The Morgan fingerprint density at radius 2 is 1.56 bits per heavy atom. The summed E-state index contributed by atoms with van der Waals surface area (Å²) in [6.45, 7) is 1.08. The van der Waals surface area contributed by atoms with Crippen molar-refractivity contribution < 1.29 is 17.9 Å². The van der Waals surface area contributed by atoms with E-state index in [-0.39, 0.29) is 28.1 Å². The molecule has 0 spiro atoms. The molecule has 0 aromatic rings. The number of hydrogen-bond donors (Lipinski definition) is 0. The highest BCUT2D eigenvalue weighted by Gasteiger charge is 2.49. The average molecular weight is 244 g/mol. The first-order valence-electron chi connectivity index (χ1n) is 5.93. The molecule has 90 valence electrons. The zero-order valence-corrected chi connectivity index (χ0v) is 9.91. The van der Waals surface area contributed by atoms with Gasteiger partial charge in [0.25, 0.3) is 0 Å². The Morgan fingerprint density at radius 3 is 2.00 bits per heavy atom. The first kappa shape index (κ1) is 10.7. The van der Waals surface area contributed by atoms with Crippen molar-refractivity contribution in [2.45, 2.75) is 36.2 Å². The van der Waals surface area contributed by atoms with E-state index in [0.717, 1.165) is 12.8 Å². The van der Waals surface area contributed by atoms with Gasteiger partial charge < -0.3 is 4.74 Å². The van der Waals surface area contributed by atoms with Crippen molar-refractivity contribution in [3.8, 4) is 0 Å². The molecule has 0 aromatic heterocycles. The van der Waals surface area contributed by atoms with E-state index in [0.29, 0.717) is 26.1 Å². The predicted octanol–water partition coefficient (Wildman–Crippen LogP) is 0.558. The summed E-state index contributed by atoms with van der Waals surface area (Å²) in [7, 11) is -2.89. The van der Waals surface area contributed by atoms with Crippen LogP contribution < -0.4 is 0 Å². The molecule has 2 unspecified atom stereocenters. The lowest BCUT2D eigenvalue weighted by atomic mass is 9.86. The molecule has 2 atom stereocenters. The van der Waals surface area contributed by atoms with Crippen LogP contribution in [0.25, 0.3) is 0 Å². The SMILES string of the molecule is O=C(C1COC1)C1CC2CCC(C1)S2(=O)=O. The highest BCUT2D eigenvalue weighted by atomic mass is 32.2. The molecular formula is C11H16O4S. The van der Waals surface area contributed by atoms with Crippen LogP contribution >= 0.6 is 0 Å². The van der Waals surface area contributed by atoms with E-state index in [1.807, 2.05) is 0 Å². The van der Waals surface area contributed by atoms with Gasteiger partial charge in [-0.3, -0.25) is 4.79 Å². The summed E-state index contributed by atoms with van der Waals surface area (Å²) in [5.41, 5.74) is 0. The van der Waals surface area contributed by atoms with Crippen molar-refractivity contribution in [3.63, 3.8) is 0 Å². The fourth-order valence-electron chi connectivity index (χ4n) is 3.17. The van der Waals surface area contributed by atoms with E-state index in [1.165, 1.54) is 0 Å². The zero-order chi connectivity index (χ0) is 11.3. The van der Waals surface area contributed by atoms with Crippen LogP contribution in [-0.4, -0.2) is 37.9 Å². The van der Waals surface area contributed by atoms with Crippen LogP contribution in [0.15, 0.2) is 0 Å². The smallest absolute Gasteiger partial charge is 0.156 e. The number of fused-ring (bicyclic) bond motifs is 2. The van der Waals surface area contributed by atoms with Crippen LogP contribution in [0.5, 0.6) is 0 Å². The maximum Gasteiger partial charge on any atom is 0.156 e. The molecule has 3 aliphatic rings. The van der Waals surface area contributed by atoms with Gasteiger partial charge in [-0.25, -0.2) is 8.42 Å². The molecule has 3 heterocycles. The zero-order valence-electron chi connectivity index (χ0n) is 9.09. The summed E-state index contributed by atoms with van der Waals surface area (Å²) in [5, 5.41) is -0.470. The van der Waals surface area contributed by atoms with Crippen molar-refractivity contribution in [1.29, 1.82) is 0 Å². The molecule has 0 saturated carbocycles. The van der Waals surface area contributed by atoms with Crippen molar-refractivity contribution in [2.75, 3.05) is 13.2 Å². The number of hydrogen-bond acceptors (Lipinski definition) is 4. The van der Waals surface area contributed by atoms with Crippen molar-refractivity contribution in [3.05, 3.63) is 0 Å². The van der Waals surface area contributed by atoms with Gasteiger partial charge in [0, 0.05) is 5.92 Å². The van der Waals surface area contributed by atoms with Crippen LogP contribution in [0.2, 0.25) is 0 Å². The number of ether oxygens (including phenoxy) is 1. The Kier molecular flexibility index (Phi) is 2.37. The van der Waals surface area contributed by atoms with Gasteiger partial charge in [-0.05, 0) is 25.7 Å². The molecule has 0 radical (unpaired) electrons. The number of rotatable bonds is 2. The van der Waals surface area contributed by atoms with Gasteiger partial charge in [-0.2, -0.15) is 0 Å². The fraction of sp³-hybridized carbons (Fsp3) is 0.909. The molecule has 5 heteroatoms. The monoisotopic (exact) mass is 244 g/mol. The lowest BCUT2D eigenvalue weighted by Gasteiger charge is -2.32. The lowest BCUT2D eigenvalue weighted by molar-refractivity contribution is -0.141. The van der Waals surface area contributed by atoms with E-state index < -0.39 is 9.84 Å². The van der Waals surface area contributed by atoms with E-state index in [2.05, 4.69) is 0 Å². The summed E-state index contributed by atoms with van der Waals surface area (Å²) in [6, 6.07) is 0. The fourth-order valence-corrected chi connectivity index (χ4v) is 5.65. The molecule has 3 saturated heterocycles. The van der Waals surface area contributed by atoms with Crippen LogP contribution in [0.3, 0.4) is 0 Å². The first-order chi connectivity index (χ1) is 7.59. The molecule has 3 fully saturated rings. The molecule has 3 aliphatic heterocycles. The van der Waals surface area contributed by atoms with Crippen molar-refractivity contribution in [1.82, 2.24) is 0 Å². The maximum atomic E-state index is 12.0. The first-order valence-corrected chi connectivity index (χ1v) is 7.54. The van der Waals surface area contributed by atoms with Gasteiger partial charge in [0.1, 0.15) is 5.78 Å². The Hall–Kier alpha value is -0.420. The number of ketones is 1. The van der Waals surface area contributed by atoms with Crippen LogP contribution in [0.4, 0.5) is 0 Å². The Morgan fingerprint density at radius 1 is 1.00 bits per heavy atom. The summed E-state index contributed by atoms with van der Waals surface area (Å²) < 4.78 is 28.7. The Labute approximate surface area is 95.3 Å². The molecule has 0 aromatic carbocycles. The molecule has 0 N–H and O–H groups in total.